The van der Waals surface area contributed by atoms with Crippen LogP contribution in [-0.2, 0) is 29.5 Å². The summed E-state index contributed by atoms with van der Waals surface area (Å²) in [6.07, 6.45) is 0.955. The molecule has 0 aliphatic carbocycles. The van der Waals surface area contributed by atoms with Crippen molar-refractivity contribution in [1.29, 1.82) is 0 Å². The van der Waals surface area contributed by atoms with Gasteiger partial charge in [-0.2, -0.15) is 4.31 Å². The Labute approximate surface area is 196 Å². The van der Waals surface area contributed by atoms with Crippen LogP contribution in [0.5, 0.6) is 5.75 Å². The Kier molecular flexibility index (Phi) is 7.89. The van der Waals surface area contributed by atoms with Crippen molar-refractivity contribution in [1.82, 2.24) is 9.21 Å². The standard InChI is InChI=1S/C26H30N2O4S/c1-5-20-11-13-22(14-12-20)18-27(2)26(29)23-15-16-24(32-4)25(17-23)33(30,31)28(3)19-21-9-7-6-8-10-21/h6-17H,5,18-19H2,1-4H3. The minimum atomic E-state index is -3.89. The van der Waals surface area contributed by atoms with E-state index in [4.69, 9.17) is 4.74 Å². The van der Waals surface area contributed by atoms with Crippen LogP contribution in [0.3, 0.4) is 0 Å². The predicted octanol–water partition coefficient (Wildman–Crippen LogP) is 4.35. The normalized spacial score (nSPS) is 11.4. The average Bonchev–Trinajstić information content (AvgIpc) is 2.84. The van der Waals surface area contributed by atoms with Crippen molar-refractivity contribution in [2.24, 2.45) is 0 Å². The van der Waals surface area contributed by atoms with Gasteiger partial charge in [-0.1, -0.05) is 61.5 Å². The van der Waals surface area contributed by atoms with Gasteiger partial charge < -0.3 is 9.64 Å². The fourth-order valence-corrected chi connectivity index (χ4v) is 4.89. The summed E-state index contributed by atoms with van der Waals surface area (Å²) in [5.74, 6) is -0.0661. The lowest BCUT2D eigenvalue weighted by atomic mass is 10.1. The first-order valence-electron chi connectivity index (χ1n) is 10.8. The summed E-state index contributed by atoms with van der Waals surface area (Å²) in [7, 11) is 0.746. The van der Waals surface area contributed by atoms with Crippen molar-refractivity contribution >= 4 is 15.9 Å². The van der Waals surface area contributed by atoms with Gasteiger partial charge in [-0.3, -0.25) is 4.79 Å². The highest BCUT2D eigenvalue weighted by Gasteiger charge is 2.27. The number of carbonyl (C=O) groups is 1. The van der Waals surface area contributed by atoms with Gasteiger partial charge in [-0.05, 0) is 41.3 Å². The van der Waals surface area contributed by atoms with Gasteiger partial charge >= 0.3 is 0 Å². The average molecular weight is 467 g/mol. The summed E-state index contributed by atoms with van der Waals surface area (Å²) in [6, 6.07) is 22.0. The number of ether oxygens (including phenoxy) is 1. The first-order chi connectivity index (χ1) is 15.8. The number of methoxy groups -OCH3 is 1. The Hall–Kier alpha value is -3.16. The molecule has 0 fully saturated rings. The number of aryl methyl sites for hydroxylation is 1. The van der Waals surface area contributed by atoms with E-state index < -0.39 is 10.0 Å². The molecule has 0 aliphatic heterocycles. The van der Waals surface area contributed by atoms with Gasteiger partial charge in [0.15, 0.2) is 0 Å². The Morgan fingerprint density at radius 3 is 2.06 bits per heavy atom. The van der Waals surface area contributed by atoms with E-state index in [1.807, 2.05) is 54.6 Å². The van der Waals surface area contributed by atoms with Crippen LogP contribution in [0.4, 0.5) is 0 Å². The number of amides is 1. The van der Waals surface area contributed by atoms with Gasteiger partial charge in [0.1, 0.15) is 10.6 Å². The summed E-state index contributed by atoms with van der Waals surface area (Å²) in [5, 5.41) is 0. The van der Waals surface area contributed by atoms with Crippen molar-refractivity contribution in [3.8, 4) is 5.75 Å². The molecule has 1 amide bonds. The van der Waals surface area contributed by atoms with E-state index in [9.17, 15) is 13.2 Å². The van der Waals surface area contributed by atoms with Crippen LogP contribution in [0.2, 0.25) is 0 Å². The fraction of sp³-hybridized carbons (Fsp3) is 0.269. The second kappa shape index (κ2) is 10.6. The van der Waals surface area contributed by atoms with Crippen LogP contribution >= 0.6 is 0 Å². The van der Waals surface area contributed by atoms with E-state index in [-0.39, 0.29) is 28.7 Å². The summed E-state index contributed by atoms with van der Waals surface area (Å²) in [6.45, 7) is 2.72. The molecule has 0 radical (unpaired) electrons. The van der Waals surface area contributed by atoms with Gasteiger partial charge in [0, 0.05) is 32.7 Å². The predicted molar refractivity (Wildman–Crippen MR) is 130 cm³/mol. The number of carbonyl (C=O) groups excluding carboxylic acids is 1. The Morgan fingerprint density at radius 2 is 1.45 bits per heavy atom. The van der Waals surface area contributed by atoms with Gasteiger partial charge in [0.25, 0.3) is 5.91 Å². The van der Waals surface area contributed by atoms with Crippen molar-refractivity contribution < 1.29 is 17.9 Å². The lowest BCUT2D eigenvalue weighted by molar-refractivity contribution is 0.0785. The van der Waals surface area contributed by atoms with Crippen molar-refractivity contribution in [2.75, 3.05) is 21.2 Å². The number of nitrogens with zero attached hydrogens (tertiary/aromatic N) is 2. The first-order valence-corrected chi connectivity index (χ1v) is 12.2. The van der Waals surface area contributed by atoms with Crippen molar-refractivity contribution in [3.63, 3.8) is 0 Å². The third kappa shape index (κ3) is 5.80. The minimum Gasteiger partial charge on any atom is -0.495 e. The second-order valence-corrected chi connectivity index (χ2v) is 9.96. The first kappa shape index (κ1) is 24.5. The van der Waals surface area contributed by atoms with Gasteiger partial charge in [0.05, 0.1) is 7.11 Å². The smallest absolute Gasteiger partial charge is 0.253 e. The largest absolute Gasteiger partial charge is 0.495 e. The van der Waals surface area contributed by atoms with Crippen LogP contribution in [0.25, 0.3) is 0 Å². The molecule has 0 saturated carbocycles. The topological polar surface area (TPSA) is 66.9 Å². The maximum Gasteiger partial charge on any atom is 0.253 e. The molecule has 3 aromatic carbocycles. The fourth-order valence-electron chi connectivity index (χ4n) is 3.55. The molecule has 0 saturated heterocycles. The highest BCUT2D eigenvalue weighted by Crippen LogP contribution is 2.28. The number of sulfonamides is 1. The summed E-state index contributed by atoms with van der Waals surface area (Å²) < 4.78 is 33.2. The molecule has 0 N–H and O–H groups in total. The summed E-state index contributed by atoms with van der Waals surface area (Å²) in [4.78, 5) is 14.6. The SMILES string of the molecule is CCc1ccc(CN(C)C(=O)c2ccc(OC)c(S(=O)(=O)N(C)Cc3ccccc3)c2)cc1. The molecule has 33 heavy (non-hydrogen) atoms. The molecule has 3 aromatic rings. The maximum atomic E-state index is 13.3. The zero-order valence-electron chi connectivity index (χ0n) is 19.5. The zero-order valence-corrected chi connectivity index (χ0v) is 20.3. The molecule has 0 heterocycles. The van der Waals surface area contributed by atoms with Crippen LogP contribution in [0.15, 0.2) is 77.7 Å². The van der Waals surface area contributed by atoms with E-state index in [0.717, 1.165) is 17.5 Å². The van der Waals surface area contributed by atoms with Gasteiger partial charge in [-0.25, -0.2) is 8.42 Å². The quantitative estimate of drug-likeness (QED) is 0.470. The number of rotatable bonds is 9. The van der Waals surface area contributed by atoms with E-state index in [1.165, 1.54) is 36.2 Å². The number of benzene rings is 3. The molecule has 0 atom stereocenters. The Morgan fingerprint density at radius 1 is 0.848 bits per heavy atom. The van der Waals surface area contributed by atoms with E-state index in [2.05, 4.69) is 6.92 Å². The number of hydrogen-bond donors (Lipinski definition) is 0. The molecule has 0 aromatic heterocycles. The molecule has 0 bridgehead atoms. The second-order valence-electron chi connectivity index (χ2n) is 7.94. The lowest BCUT2D eigenvalue weighted by Gasteiger charge is -2.21. The zero-order chi connectivity index (χ0) is 24.0. The molecule has 6 nitrogen and oxygen atoms in total. The molecule has 174 valence electrons. The highest BCUT2D eigenvalue weighted by molar-refractivity contribution is 7.89. The molecule has 0 unspecified atom stereocenters. The third-order valence-electron chi connectivity index (χ3n) is 5.54. The number of hydrogen-bond acceptors (Lipinski definition) is 4. The van der Waals surface area contributed by atoms with Crippen LogP contribution in [-0.4, -0.2) is 44.7 Å². The van der Waals surface area contributed by atoms with Crippen molar-refractivity contribution in [3.05, 3.63) is 95.1 Å². The van der Waals surface area contributed by atoms with Crippen molar-refractivity contribution in [2.45, 2.75) is 31.3 Å². The van der Waals surface area contributed by atoms with Crippen LogP contribution < -0.4 is 4.74 Å². The Balaban J connectivity index is 1.84. The summed E-state index contributed by atoms with van der Waals surface area (Å²) >= 11 is 0. The maximum absolute atomic E-state index is 13.3. The minimum absolute atomic E-state index is 0.0324. The molecular weight excluding hydrogens is 436 g/mol. The third-order valence-corrected chi connectivity index (χ3v) is 7.37. The van der Waals surface area contributed by atoms with E-state index >= 15 is 0 Å². The Bertz CT molecular complexity index is 1190. The van der Waals surface area contributed by atoms with Crippen LogP contribution in [0.1, 0.15) is 34.0 Å². The monoisotopic (exact) mass is 466 g/mol. The van der Waals surface area contributed by atoms with Gasteiger partial charge in [0.2, 0.25) is 10.0 Å². The molecule has 0 spiro atoms. The molecule has 3 rings (SSSR count). The van der Waals surface area contributed by atoms with E-state index in [0.29, 0.717) is 6.54 Å². The lowest BCUT2D eigenvalue weighted by Crippen LogP contribution is -2.28. The molecule has 0 aliphatic rings. The highest BCUT2D eigenvalue weighted by atomic mass is 32.2. The van der Waals surface area contributed by atoms with E-state index in [1.54, 1.807) is 18.0 Å². The molecular formula is C26H30N2O4S. The van der Waals surface area contributed by atoms with Gasteiger partial charge in [-0.15, -0.1) is 0 Å². The summed E-state index contributed by atoms with van der Waals surface area (Å²) in [5.41, 5.74) is 3.39. The molecule has 7 heteroatoms. The van der Waals surface area contributed by atoms with Crippen LogP contribution in [0, 0.1) is 0 Å².